The summed E-state index contributed by atoms with van der Waals surface area (Å²) in [5.74, 6) is 0. The third-order valence-corrected chi connectivity index (χ3v) is 5.90. The van der Waals surface area contributed by atoms with E-state index in [9.17, 15) is 13.2 Å². The number of amides is 1. The summed E-state index contributed by atoms with van der Waals surface area (Å²) in [5, 5.41) is 0. The monoisotopic (exact) mass is 368 g/mol. The molecule has 1 heterocycles. The fourth-order valence-electron chi connectivity index (χ4n) is 2.70. The van der Waals surface area contributed by atoms with Crippen LogP contribution in [-0.4, -0.2) is 55.5 Å². The Balaban J connectivity index is 2.00. The van der Waals surface area contributed by atoms with Gasteiger partial charge < -0.3 is 9.64 Å². The summed E-state index contributed by atoms with van der Waals surface area (Å²) in [5.41, 5.74) is 0.580. The molecule has 140 valence electrons. The number of hydrogen-bond donors (Lipinski definition) is 0. The van der Waals surface area contributed by atoms with Gasteiger partial charge in [-0.05, 0) is 44.9 Å². The predicted octanol–water partition coefficient (Wildman–Crippen LogP) is 2.88. The molecule has 7 heteroatoms. The molecule has 1 fully saturated rings. The van der Waals surface area contributed by atoms with Crippen LogP contribution in [0.5, 0.6) is 0 Å². The van der Waals surface area contributed by atoms with Crippen LogP contribution in [0.2, 0.25) is 0 Å². The maximum atomic E-state index is 12.8. The lowest BCUT2D eigenvalue weighted by molar-refractivity contribution is 0.0192. The van der Waals surface area contributed by atoms with E-state index in [1.54, 1.807) is 17.0 Å². The van der Waals surface area contributed by atoms with Gasteiger partial charge in [0, 0.05) is 26.2 Å². The molecule has 25 heavy (non-hydrogen) atoms. The smallest absolute Gasteiger partial charge is 0.410 e. The molecule has 1 aromatic rings. The van der Waals surface area contributed by atoms with Crippen molar-refractivity contribution >= 4 is 16.1 Å². The zero-order chi connectivity index (χ0) is 18.7. The fourth-order valence-corrected chi connectivity index (χ4v) is 4.13. The van der Waals surface area contributed by atoms with E-state index in [0.29, 0.717) is 18.0 Å². The number of rotatable bonds is 4. The van der Waals surface area contributed by atoms with E-state index < -0.39 is 21.7 Å². The second-order valence-electron chi connectivity index (χ2n) is 7.27. The lowest BCUT2D eigenvalue weighted by Crippen LogP contribution is -2.51. The minimum atomic E-state index is -3.52. The number of hydrogen-bond acceptors (Lipinski definition) is 4. The summed E-state index contributed by atoms with van der Waals surface area (Å²) in [6, 6.07) is 7.07. The maximum Gasteiger partial charge on any atom is 0.410 e. The van der Waals surface area contributed by atoms with E-state index in [1.807, 2.05) is 32.9 Å². The van der Waals surface area contributed by atoms with Crippen LogP contribution in [0.1, 0.15) is 39.7 Å². The predicted molar refractivity (Wildman–Crippen MR) is 97.0 cm³/mol. The van der Waals surface area contributed by atoms with Crippen molar-refractivity contribution in [2.75, 3.05) is 26.2 Å². The fraction of sp³-hybridized carbons (Fsp3) is 0.611. The highest BCUT2D eigenvalue weighted by Crippen LogP contribution is 2.20. The van der Waals surface area contributed by atoms with Crippen LogP contribution in [-0.2, 0) is 21.2 Å². The molecule has 0 unspecified atom stereocenters. The maximum absolute atomic E-state index is 12.8. The Bertz CT molecular complexity index is 685. The van der Waals surface area contributed by atoms with Gasteiger partial charge in [-0.3, -0.25) is 0 Å². The second kappa shape index (κ2) is 7.74. The van der Waals surface area contributed by atoms with E-state index in [2.05, 4.69) is 6.92 Å². The first-order chi connectivity index (χ1) is 11.6. The highest BCUT2D eigenvalue weighted by atomic mass is 32.2. The zero-order valence-electron chi connectivity index (χ0n) is 15.5. The summed E-state index contributed by atoms with van der Waals surface area (Å²) in [6.45, 7) is 8.75. The first kappa shape index (κ1) is 19.7. The lowest BCUT2D eigenvalue weighted by Gasteiger charge is -2.35. The van der Waals surface area contributed by atoms with E-state index in [0.717, 1.165) is 18.4 Å². The van der Waals surface area contributed by atoms with Crippen molar-refractivity contribution in [2.24, 2.45) is 0 Å². The number of carbonyl (C=O) groups is 1. The van der Waals surface area contributed by atoms with Crippen molar-refractivity contribution in [1.29, 1.82) is 0 Å². The number of sulfonamides is 1. The molecule has 0 N–H and O–H groups in total. The van der Waals surface area contributed by atoms with Crippen molar-refractivity contribution in [2.45, 2.75) is 51.0 Å². The summed E-state index contributed by atoms with van der Waals surface area (Å²) in [7, 11) is -3.52. The van der Waals surface area contributed by atoms with Gasteiger partial charge in [0.2, 0.25) is 10.0 Å². The van der Waals surface area contributed by atoms with E-state index in [4.69, 9.17) is 4.74 Å². The number of carbonyl (C=O) groups excluding carboxylic acids is 1. The second-order valence-corrected chi connectivity index (χ2v) is 9.20. The first-order valence-electron chi connectivity index (χ1n) is 8.70. The minimum Gasteiger partial charge on any atom is -0.444 e. The molecule has 0 spiro atoms. The normalized spacial score (nSPS) is 16.7. The van der Waals surface area contributed by atoms with E-state index in [-0.39, 0.29) is 13.1 Å². The van der Waals surface area contributed by atoms with Crippen molar-refractivity contribution in [1.82, 2.24) is 9.21 Å². The number of piperazine rings is 1. The Morgan fingerprint density at radius 1 is 1.08 bits per heavy atom. The first-order valence-corrected chi connectivity index (χ1v) is 10.1. The molecule has 1 amide bonds. The highest BCUT2D eigenvalue weighted by molar-refractivity contribution is 7.89. The van der Waals surface area contributed by atoms with Crippen molar-refractivity contribution in [3.63, 3.8) is 0 Å². The van der Waals surface area contributed by atoms with Gasteiger partial charge in [-0.25, -0.2) is 13.2 Å². The van der Waals surface area contributed by atoms with Crippen LogP contribution in [0.3, 0.4) is 0 Å². The van der Waals surface area contributed by atoms with Crippen LogP contribution in [0, 0.1) is 0 Å². The Morgan fingerprint density at radius 2 is 1.64 bits per heavy atom. The van der Waals surface area contributed by atoms with Crippen LogP contribution in [0.4, 0.5) is 4.79 Å². The molecule has 6 nitrogen and oxygen atoms in total. The van der Waals surface area contributed by atoms with Crippen LogP contribution in [0.15, 0.2) is 29.2 Å². The summed E-state index contributed by atoms with van der Waals surface area (Å²) >= 11 is 0. The van der Waals surface area contributed by atoms with Crippen LogP contribution >= 0.6 is 0 Å². The van der Waals surface area contributed by atoms with Gasteiger partial charge in [0.05, 0.1) is 4.90 Å². The van der Waals surface area contributed by atoms with Gasteiger partial charge in [0.15, 0.2) is 0 Å². The van der Waals surface area contributed by atoms with Crippen molar-refractivity contribution in [3.8, 4) is 0 Å². The third-order valence-electron chi connectivity index (χ3n) is 3.99. The molecule has 0 saturated carbocycles. The highest BCUT2D eigenvalue weighted by Gasteiger charge is 2.31. The number of benzene rings is 1. The van der Waals surface area contributed by atoms with Crippen molar-refractivity contribution < 1.29 is 17.9 Å². The molecule has 0 aliphatic carbocycles. The molecule has 0 radical (unpaired) electrons. The standard InChI is InChI=1S/C18H28N2O4S/c1-5-6-15-7-9-16(10-8-15)25(22,23)20-13-11-19(12-14-20)17(21)24-18(2,3)4/h7-10H,5-6,11-14H2,1-4H3. The van der Waals surface area contributed by atoms with Crippen molar-refractivity contribution in [3.05, 3.63) is 29.8 Å². The Morgan fingerprint density at radius 3 is 2.12 bits per heavy atom. The quantitative estimate of drug-likeness (QED) is 0.820. The summed E-state index contributed by atoms with van der Waals surface area (Å²) < 4.78 is 32.3. The minimum absolute atomic E-state index is 0.276. The summed E-state index contributed by atoms with van der Waals surface area (Å²) in [6.07, 6.45) is 1.57. The molecule has 1 saturated heterocycles. The van der Waals surface area contributed by atoms with Gasteiger partial charge >= 0.3 is 6.09 Å². The van der Waals surface area contributed by atoms with E-state index in [1.165, 1.54) is 4.31 Å². The van der Waals surface area contributed by atoms with Gasteiger partial charge in [-0.15, -0.1) is 0 Å². The SMILES string of the molecule is CCCc1ccc(S(=O)(=O)N2CCN(C(=O)OC(C)(C)C)CC2)cc1. The molecule has 1 aliphatic rings. The average Bonchev–Trinajstić information content (AvgIpc) is 2.54. The third kappa shape index (κ3) is 5.19. The molecule has 2 rings (SSSR count). The van der Waals surface area contributed by atoms with Gasteiger partial charge in [-0.2, -0.15) is 4.31 Å². The van der Waals surface area contributed by atoms with Crippen LogP contribution in [0.25, 0.3) is 0 Å². The van der Waals surface area contributed by atoms with E-state index >= 15 is 0 Å². The molecule has 0 atom stereocenters. The largest absolute Gasteiger partial charge is 0.444 e. The average molecular weight is 368 g/mol. The Kier molecular flexibility index (Phi) is 6.11. The molecule has 0 aromatic heterocycles. The number of ether oxygens (including phenoxy) is 1. The Labute approximate surface area is 150 Å². The van der Waals surface area contributed by atoms with Gasteiger partial charge in [0.1, 0.15) is 5.60 Å². The molecule has 1 aliphatic heterocycles. The molecular formula is C18H28N2O4S. The molecule has 0 bridgehead atoms. The van der Waals surface area contributed by atoms with Crippen LogP contribution < -0.4 is 0 Å². The number of nitrogens with zero attached hydrogens (tertiary/aromatic N) is 2. The topological polar surface area (TPSA) is 66.9 Å². The molecule has 1 aromatic carbocycles. The van der Waals surface area contributed by atoms with Gasteiger partial charge in [0.25, 0.3) is 0 Å². The van der Waals surface area contributed by atoms with Gasteiger partial charge in [-0.1, -0.05) is 25.5 Å². The zero-order valence-corrected chi connectivity index (χ0v) is 16.3. The Hall–Kier alpha value is -1.60. The molecular weight excluding hydrogens is 340 g/mol. The number of aryl methyl sites for hydroxylation is 1. The summed E-state index contributed by atoms with van der Waals surface area (Å²) in [4.78, 5) is 13.9. The lowest BCUT2D eigenvalue weighted by atomic mass is 10.1.